The molecule has 0 N–H and O–H groups in total. The number of fused-ring (bicyclic) bond motifs is 5. The van der Waals surface area contributed by atoms with E-state index in [4.69, 9.17) is 0 Å². The molecule has 0 saturated carbocycles. The molecule has 4 aromatic carbocycles. The Bertz CT molecular complexity index is 1310. The fraction of sp³-hybridized carbons (Fsp3) is 0.400. The van der Waals surface area contributed by atoms with Crippen LogP contribution in [0.2, 0.25) is 0 Å². The Morgan fingerprint density at radius 3 is 0.567 bits per heavy atom. The number of aryl methyl sites for hydroxylation is 8. The van der Waals surface area contributed by atoms with E-state index in [2.05, 4.69) is 83.1 Å². The van der Waals surface area contributed by atoms with E-state index in [0.717, 1.165) is 0 Å². The summed E-state index contributed by atoms with van der Waals surface area (Å²) in [5, 5.41) is 8.86. The van der Waals surface area contributed by atoms with E-state index < -0.39 is 0 Å². The first kappa shape index (κ1) is 20.9. The van der Waals surface area contributed by atoms with Crippen LogP contribution in [0.1, 0.15) is 66.8 Å². The molecule has 0 aliphatic carbocycles. The van der Waals surface area contributed by atoms with Gasteiger partial charge in [0.1, 0.15) is 0 Å². The van der Waals surface area contributed by atoms with Gasteiger partial charge in [-0.05, 0) is 182 Å². The maximum absolute atomic E-state index is 2.35. The zero-order valence-electron chi connectivity index (χ0n) is 21.0. The monoisotopic (exact) mass is 396 g/mol. The van der Waals surface area contributed by atoms with Crippen molar-refractivity contribution >= 4 is 32.3 Å². The molecule has 0 spiro atoms. The van der Waals surface area contributed by atoms with E-state index in [0.29, 0.717) is 0 Å². The fourth-order valence-corrected chi connectivity index (χ4v) is 5.94. The van der Waals surface area contributed by atoms with Crippen molar-refractivity contribution in [1.29, 1.82) is 0 Å². The Kier molecular flexibility index (Phi) is 4.59. The molecule has 0 aromatic heterocycles. The predicted octanol–water partition coefficient (Wildman–Crippen LogP) is 8.85. The Balaban J connectivity index is 2.56. The molecule has 0 heteroatoms. The van der Waals surface area contributed by atoms with Crippen LogP contribution in [0.3, 0.4) is 0 Å². The molecule has 0 unspecified atom stereocenters. The van der Waals surface area contributed by atoms with Gasteiger partial charge in [-0.1, -0.05) is 0 Å². The molecule has 0 radical (unpaired) electrons. The van der Waals surface area contributed by atoms with Crippen molar-refractivity contribution in [2.75, 3.05) is 0 Å². The maximum Gasteiger partial charge on any atom is -0.00612 e. The van der Waals surface area contributed by atoms with Gasteiger partial charge in [0.15, 0.2) is 0 Å². The maximum atomic E-state index is 2.35. The van der Waals surface area contributed by atoms with Gasteiger partial charge in [0.25, 0.3) is 0 Å². The molecule has 0 fully saturated rings. The summed E-state index contributed by atoms with van der Waals surface area (Å²) in [4.78, 5) is 0. The van der Waals surface area contributed by atoms with Gasteiger partial charge < -0.3 is 0 Å². The Hall–Kier alpha value is -2.34. The Morgan fingerprint density at radius 1 is 0.167 bits per heavy atom. The van der Waals surface area contributed by atoms with E-state index >= 15 is 0 Å². The highest BCUT2D eigenvalue weighted by Gasteiger charge is 2.23. The van der Waals surface area contributed by atoms with Crippen molar-refractivity contribution in [2.45, 2.75) is 83.1 Å². The largest absolute Gasteiger partial charge is 0.0444 e. The zero-order chi connectivity index (χ0) is 22.4. The standard InChI is InChI=1S/C30H36/c1-13-15(3)19(7)27-25(17(13)5)21(9)23(11)30-28-20(8)16(4)14(2)18(6)26(28)22(10)24(12)29(27)30/h1-12H3. The first-order valence-electron chi connectivity index (χ1n) is 11.2. The molecule has 0 amide bonds. The average Bonchev–Trinajstić information content (AvgIpc) is 2.71. The molecule has 0 bridgehead atoms. The molecule has 0 heterocycles. The van der Waals surface area contributed by atoms with E-state index in [1.807, 2.05) is 0 Å². The van der Waals surface area contributed by atoms with Crippen LogP contribution in [0.15, 0.2) is 0 Å². The topological polar surface area (TPSA) is 0 Å². The van der Waals surface area contributed by atoms with E-state index in [9.17, 15) is 0 Å². The summed E-state index contributed by atoms with van der Waals surface area (Å²) in [6, 6.07) is 0. The molecule has 0 aliphatic rings. The molecule has 0 atom stereocenters. The first-order chi connectivity index (χ1) is 13.9. The lowest BCUT2D eigenvalue weighted by Gasteiger charge is -2.26. The third-order valence-corrected chi connectivity index (χ3v) is 8.75. The number of rotatable bonds is 0. The summed E-state index contributed by atoms with van der Waals surface area (Å²) in [6.07, 6.45) is 0. The smallest absolute Gasteiger partial charge is 0.00612 e. The predicted molar refractivity (Wildman–Crippen MR) is 136 cm³/mol. The van der Waals surface area contributed by atoms with Crippen LogP contribution in [-0.2, 0) is 0 Å². The van der Waals surface area contributed by atoms with E-state index in [-0.39, 0.29) is 0 Å². The SMILES string of the molecule is Cc1c(C)c(C)c2c(c1C)c(C)c(C)c1c3c(C)c(C)c(C)c(C)c3c(C)c(C)c21. The van der Waals surface area contributed by atoms with Crippen molar-refractivity contribution in [3.63, 3.8) is 0 Å². The quantitative estimate of drug-likeness (QED) is 0.260. The van der Waals surface area contributed by atoms with Crippen LogP contribution in [0, 0.1) is 83.1 Å². The molecule has 156 valence electrons. The van der Waals surface area contributed by atoms with E-state index in [1.165, 1.54) is 99.1 Å². The minimum absolute atomic E-state index is 1.44. The number of benzene rings is 4. The summed E-state index contributed by atoms with van der Waals surface area (Å²) in [5.74, 6) is 0. The van der Waals surface area contributed by atoms with Crippen molar-refractivity contribution < 1.29 is 0 Å². The lowest BCUT2D eigenvalue weighted by Crippen LogP contribution is -2.04. The van der Waals surface area contributed by atoms with Gasteiger partial charge in [0, 0.05) is 0 Å². The second-order valence-corrected chi connectivity index (χ2v) is 9.75. The highest BCUT2D eigenvalue weighted by atomic mass is 14.3. The van der Waals surface area contributed by atoms with Gasteiger partial charge in [0.05, 0.1) is 0 Å². The molecule has 4 aromatic rings. The summed E-state index contributed by atoms with van der Waals surface area (Å²) in [7, 11) is 0. The van der Waals surface area contributed by atoms with Crippen molar-refractivity contribution in [1.82, 2.24) is 0 Å². The molecule has 0 aliphatic heterocycles. The zero-order valence-corrected chi connectivity index (χ0v) is 21.0. The molecule has 30 heavy (non-hydrogen) atoms. The van der Waals surface area contributed by atoms with Crippen molar-refractivity contribution in [2.24, 2.45) is 0 Å². The van der Waals surface area contributed by atoms with E-state index in [1.54, 1.807) is 0 Å². The highest BCUT2D eigenvalue weighted by molar-refractivity contribution is 6.24. The second kappa shape index (κ2) is 6.58. The van der Waals surface area contributed by atoms with Gasteiger partial charge in [-0.2, -0.15) is 0 Å². The third-order valence-electron chi connectivity index (χ3n) is 8.75. The third kappa shape index (κ3) is 2.34. The summed E-state index contributed by atoms with van der Waals surface area (Å²) < 4.78 is 0. The molecular weight excluding hydrogens is 360 g/mol. The van der Waals surface area contributed by atoms with Crippen LogP contribution in [-0.4, -0.2) is 0 Å². The first-order valence-corrected chi connectivity index (χ1v) is 11.2. The number of hydrogen-bond acceptors (Lipinski definition) is 0. The second-order valence-electron chi connectivity index (χ2n) is 9.75. The minimum Gasteiger partial charge on any atom is -0.0444 e. The van der Waals surface area contributed by atoms with Gasteiger partial charge >= 0.3 is 0 Å². The van der Waals surface area contributed by atoms with Crippen LogP contribution in [0.4, 0.5) is 0 Å². The number of hydrogen-bond donors (Lipinski definition) is 0. The van der Waals surface area contributed by atoms with Crippen LogP contribution in [0.25, 0.3) is 32.3 Å². The van der Waals surface area contributed by atoms with Gasteiger partial charge in [-0.3, -0.25) is 0 Å². The van der Waals surface area contributed by atoms with Gasteiger partial charge in [-0.15, -0.1) is 0 Å². The molecule has 4 rings (SSSR count). The fourth-order valence-electron chi connectivity index (χ4n) is 5.94. The van der Waals surface area contributed by atoms with Crippen molar-refractivity contribution in [3.05, 3.63) is 66.8 Å². The van der Waals surface area contributed by atoms with Crippen LogP contribution >= 0.6 is 0 Å². The summed E-state index contributed by atoms with van der Waals surface area (Å²) in [6.45, 7) is 27.8. The van der Waals surface area contributed by atoms with Crippen molar-refractivity contribution in [3.8, 4) is 0 Å². The normalized spacial score (nSPS) is 12.0. The summed E-state index contributed by atoms with van der Waals surface area (Å²) >= 11 is 0. The van der Waals surface area contributed by atoms with Crippen LogP contribution in [0.5, 0.6) is 0 Å². The highest BCUT2D eigenvalue weighted by Crippen LogP contribution is 2.46. The minimum atomic E-state index is 1.44. The van der Waals surface area contributed by atoms with Gasteiger partial charge in [0.2, 0.25) is 0 Å². The average molecular weight is 397 g/mol. The Morgan fingerprint density at radius 2 is 0.300 bits per heavy atom. The molecule has 0 nitrogen and oxygen atoms in total. The lowest BCUT2D eigenvalue weighted by atomic mass is 9.78. The lowest BCUT2D eigenvalue weighted by molar-refractivity contribution is 1.23. The van der Waals surface area contributed by atoms with Crippen LogP contribution < -0.4 is 0 Å². The molecule has 0 saturated heterocycles. The molecular formula is C30H36. The van der Waals surface area contributed by atoms with Gasteiger partial charge in [-0.25, -0.2) is 0 Å². The summed E-state index contributed by atoms with van der Waals surface area (Å²) in [5.41, 5.74) is 17.3. The Labute approximate surface area is 182 Å².